The lowest BCUT2D eigenvalue weighted by Gasteiger charge is -2.57. The number of carboxylic acid groups (broad SMARTS) is 1. The Labute approximate surface area is 481 Å². The SMILES string of the molecule is COC(=O)/C(C)=C\CC12OC(C)(C)C(CCC1=O)C21Oc2c(CC=C(C)C)c3c(c(O[C@H]4O[C@@H](CO)[C@H](O)[C@@H](O)[C@@H]4O)c2C(=O)C1C(C)N1CCN(c2cc4c(cc2F)c(=O)c(C(=O)O)cn4C2CC2)CC1)C=CC(C)(CCC=C(C)C)O3. The van der Waals surface area contributed by atoms with Gasteiger partial charge in [-0.25, -0.2) is 14.0 Å². The molecule has 6 unspecified atom stereocenters. The maximum Gasteiger partial charge on any atom is 0.341 e. The summed E-state index contributed by atoms with van der Waals surface area (Å²) in [4.78, 5) is 75.3. The summed E-state index contributed by atoms with van der Waals surface area (Å²) in [7, 11) is 1.26. The lowest BCUT2D eigenvalue weighted by Crippen LogP contribution is -2.74. The predicted molar refractivity (Wildman–Crippen MR) is 305 cm³/mol. The van der Waals surface area contributed by atoms with E-state index in [2.05, 4.69) is 11.0 Å². The first kappa shape index (κ1) is 59.9. The summed E-state index contributed by atoms with van der Waals surface area (Å²) in [6, 6.07) is 1.87. The van der Waals surface area contributed by atoms with Crippen molar-refractivity contribution in [3.63, 3.8) is 0 Å². The molecule has 7 aliphatic rings. The topological polar surface area (TPSA) is 253 Å². The maximum atomic E-state index is 17.1. The van der Waals surface area contributed by atoms with Gasteiger partial charge in [-0.05, 0) is 125 Å². The molecule has 2 saturated carbocycles. The number of ether oxygens (including phenoxy) is 6. The van der Waals surface area contributed by atoms with Crippen LogP contribution < -0.4 is 24.5 Å². The van der Waals surface area contributed by atoms with Gasteiger partial charge in [-0.3, -0.25) is 19.3 Å². The number of carboxylic acids is 1. The number of pyridine rings is 1. The third-order valence-corrected chi connectivity index (χ3v) is 18.4. The Morgan fingerprint density at radius 3 is 2.24 bits per heavy atom. The van der Waals surface area contributed by atoms with E-state index < -0.39 is 112 Å². The fourth-order valence-electron chi connectivity index (χ4n) is 13.9. The van der Waals surface area contributed by atoms with E-state index in [-0.39, 0.29) is 103 Å². The number of hydrogen-bond acceptors (Lipinski definition) is 17. The van der Waals surface area contributed by atoms with Crippen molar-refractivity contribution in [1.29, 1.82) is 0 Å². The zero-order chi connectivity index (χ0) is 60.0. The predicted octanol–water partition coefficient (Wildman–Crippen LogP) is 6.95. The fourth-order valence-corrected chi connectivity index (χ4v) is 13.9. The summed E-state index contributed by atoms with van der Waals surface area (Å²) in [6.07, 6.45) is 5.08. The van der Waals surface area contributed by atoms with Gasteiger partial charge in [0.1, 0.15) is 64.2 Å². The van der Waals surface area contributed by atoms with Crippen LogP contribution in [0.2, 0.25) is 0 Å². The average Bonchev–Trinajstić information content (AvgIpc) is 2.10. The number of aromatic carboxylic acids is 1. The Kier molecular flexibility index (Phi) is 16.1. The van der Waals surface area contributed by atoms with E-state index in [9.17, 15) is 39.9 Å². The third kappa shape index (κ3) is 10.2. The number of benzene rings is 2. The number of aliphatic hydroxyl groups is 4. The Bertz CT molecular complexity index is 3320. The molecule has 1 spiro atoms. The molecule has 5 aliphatic heterocycles. The number of aliphatic hydroxyl groups excluding tert-OH is 4. The minimum Gasteiger partial charge on any atom is -0.482 e. The third-order valence-electron chi connectivity index (χ3n) is 18.4. The minimum atomic E-state index is -1.92. The molecular weight excluding hydrogens is 1070 g/mol. The first-order valence-electron chi connectivity index (χ1n) is 28.9. The van der Waals surface area contributed by atoms with E-state index in [0.29, 0.717) is 29.5 Å². The number of aromatic nitrogens is 1. The molecule has 19 nitrogen and oxygen atoms in total. The van der Waals surface area contributed by atoms with E-state index in [1.165, 1.54) is 13.3 Å². The Morgan fingerprint density at radius 1 is 0.904 bits per heavy atom. The lowest BCUT2D eigenvalue weighted by molar-refractivity contribution is -0.277. The van der Waals surface area contributed by atoms with Crippen LogP contribution in [0.3, 0.4) is 0 Å². The molecule has 0 amide bonds. The number of carbonyl (C=O) groups excluding carboxylic acids is 3. The summed E-state index contributed by atoms with van der Waals surface area (Å²) in [5, 5.41) is 53.9. The van der Waals surface area contributed by atoms with Crippen LogP contribution in [0.25, 0.3) is 17.0 Å². The van der Waals surface area contributed by atoms with E-state index in [4.69, 9.17) is 28.4 Å². The zero-order valence-electron chi connectivity index (χ0n) is 49.0. The largest absolute Gasteiger partial charge is 0.482 e. The van der Waals surface area contributed by atoms with Gasteiger partial charge >= 0.3 is 11.9 Å². The maximum absolute atomic E-state index is 17.1. The van der Waals surface area contributed by atoms with Gasteiger partial charge in [-0.1, -0.05) is 29.4 Å². The number of allylic oxidation sites excluding steroid dienone is 4. The van der Waals surface area contributed by atoms with Gasteiger partial charge in [-0.15, -0.1) is 0 Å². The number of ketones is 2. The molecule has 3 aromatic rings. The number of piperazine rings is 1. The molecular formula is C63H78FN3O16. The first-order chi connectivity index (χ1) is 39.2. The molecule has 1 aromatic heterocycles. The van der Waals surface area contributed by atoms with Crippen molar-refractivity contribution in [3.8, 4) is 17.2 Å². The van der Waals surface area contributed by atoms with E-state index in [0.717, 1.165) is 30.1 Å². The Balaban J connectivity index is 1.16. The number of carbonyl (C=O) groups is 4. The normalized spacial score (nSPS) is 30.5. The number of nitrogens with zero attached hydrogens (tertiary/aromatic N) is 3. The monoisotopic (exact) mass is 1150 g/mol. The number of Topliss-reactive ketones (excluding diaryl/α,β-unsaturated/α-hetero) is 2. The van der Waals surface area contributed by atoms with Crippen LogP contribution in [0.5, 0.6) is 17.2 Å². The Morgan fingerprint density at radius 2 is 1.60 bits per heavy atom. The molecule has 6 heterocycles. The molecule has 83 heavy (non-hydrogen) atoms. The van der Waals surface area contributed by atoms with Crippen LogP contribution in [0.1, 0.15) is 145 Å². The van der Waals surface area contributed by atoms with E-state index in [1.54, 1.807) is 29.7 Å². The quantitative estimate of drug-likeness (QED) is 0.0553. The highest BCUT2D eigenvalue weighted by atomic mass is 19.1. The minimum absolute atomic E-state index is 0.0326. The van der Waals surface area contributed by atoms with Gasteiger partial charge in [0.2, 0.25) is 11.7 Å². The molecule has 3 saturated heterocycles. The summed E-state index contributed by atoms with van der Waals surface area (Å²) in [5.74, 6) is -5.36. The van der Waals surface area contributed by atoms with Gasteiger partial charge in [-0.2, -0.15) is 0 Å². The molecule has 5 fully saturated rings. The van der Waals surface area contributed by atoms with Crippen LogP contribution in [-0.4, -0.2) is 158 Å². The highest BCUT2D eigenvalue weighted by Crippen LogP contribution is 2.66. The first-order valence-corrected chi connectivity index (χ1v) is 28.9. The lowest BCUT2D eigenvalue weighted by atomic mass is 9.54. The Hall–Kier alpha value is -6.26. The number of methoxy groups -OCH3 is 1. The van der Waals surface area contributed by atoms with Gasteiger partial charge in [0.05, 0.1) is 42.0 Å². The van der Waals surface area contributed by atoms with Crippen molar-refractivity contribution < 1.29 is 77.5 Å². The van der Waals surface area contributed by atoms with Crippen molar-refractivity contribution in [3.05, 3.63) is 97.6 Å². The number of esters is 1. The number of halogens is 1. The molecule has 20 heteroatoms. The van der Waals surface area contributed by atoms with Crippen molar-refractivity contribution in [2.45, 2.75) is 179 Å². The van der Waals surface area contributed by atoms with Crippen molar-refractivity contribution in [2.24, 2.45) is 11.8 Å². The van der Waals surface area contributed by atoms with Crippen LogP contribution >= 0.6 is 0 Å². The number of fused-ring (bicyclic) bond motifs is 3. The van der Waals surface area contributed by atoms with Crippen LogP contribution in [0.4, 0.5) is 10.1 Å². The van der Waals surface area contributed by atoms with Gasteiger partial charge in [0.25, 0.3) is 0 Å². The van der Waals surface area contributed by atoms with Crippen LogP contribution in [-0.2, 0) is 30.2 Å². The van der Waals surface area contributed by atoms with Crippen molar-refractivity contribution in [1.82, 2.24) is 9.47 Å². The highest BCUT2D eigenvalue weighted by Gasteiger charge is 2.80. The second-order valence-corrected chi connectivity index (χ2v) is 24.9. The smallest absolute Gasteiger partial charge is 0.341 e. The molecule has 10 rings (SSSR count). The molecule has 448 valence electrons. The van der Waals surface area contributed by atoms with Gasteiger partial charge in [0, 0.05) is 79.7 Å². The average molecular weight is 1150 g/mol. The summed E-state index contributed by atoms with van der Waals surface area (Å²) >= 11 is 0. The van der Waals surface area contributed by atoms with Crippen LogP contribution in [0.15, 0.2) is 64.1 Å². The van der Waals surface area contributed by atoms with Gasteiger partial charge in [0.15, 0.2) is 22.8 Å². The summed E-state index contributed by atoms with van der Waals surface area (Å²) in [5.41, 5.74) is -3.47. The zero-order valence-corrected chi connectivity index (χ0v) is 49.0. The molecule has 0 radical (unpaired) electrons. The van der Waals surface area contributed by atoms with Crippen molar-refractivity contribution >= 4 is 46.2 Å². The van der Waals surface area contributed by atoms with Crippen LogP contribution in [0, 0.1) is 17.7 Å². The molecule has 11 atom stereocenters. The summed E-state index contributed by atoms with van der Waals surface area (Å²) in [6.45, 7) is 17.3. The second-order valence-electron chi connectivity index (χ2n) is 24.9. The molecule has 2 bridgehead atoms. The van der Waals surface area contributed by atoms with Gasteiger partial charge < -0.3 is 63.4 Å². The van der Waals surface area contributed by atoms with E-state index in [1.807, 2.05) is 72.4 Å². The number of rotatable bonds is 16. The van der Waals surface area contributed by atoms with E-state index >= 15 is 14.0 Å². The van der Waals surface area contributed by atoms with Crippen molar-refractivity contribution in [2.75, 3.05) is 44.8 Å². The highest BCUT2D eigenvalue weighted by molar-refractivity contribution is 6.09. The molecule has 2 aromatic carbocycles. The molecule has 5 N–H and O–H groups in total. The fraction of sp³-hybridized carbons (Fsp3) is 0.571. The molecule has 2 aliphatic carbocycles. The summed E-state index contributed by atoms with van der Waals surface area (Å²) < 4.78 is 58.4. The second kappa shape index (κ2) is 22.3. The standard InChI is InChI=1S/C63H78FN3O16/c1-32(2)12-11-21-61(9)22-20-38-54(81-61)37(16-13-33(3)4)56-47(55(38)80-59-53(74)52(73)50(71)44(31-68)79-59)51(72)48(63(82-56)45-17-18-46(69)62(63,83-60(45,7)8)23-19-34(5)58(77)78-10)35(6)65-24-26-66(27-25-65)43-29-42-39(28-41(43)64)49(70)40(57(75)76)30-67(42)36-14-15-36/h12-13,19-20,22,28-30,35-36,44-45,48,50,52-53,59,68,71,73-74H,11,14-18,21,23-27,31H2,1-10H3,(H,75,76)/b34-19-/t35?,44-,45?,48?,50-,52+,53-,59+,61?,62?,63?/m0/s1. The number of anilines is 1. The number of hydrogen-bond donors (Lipinski definition) is 5.